The van der Waals surface area contributed by atoms with Gasteiger partial charge in [-0.1, -0.05) is 13.8 Å². The summed E-state index contributed by atoms with van der Waals surface area (Å²) in [7, 11) is 1.24. The number of likely N-dealkylation sites (tertiary alicyclic amines) is 1. The second-order valence-corrected chi connectivity index (χ2v) is 13.2. The molecule has 0 aliphatic carbocycles. The molecule has 4 amide bonds. The van der Waals surface area contributed by atoms with E-state index in [4.69, 9.17) is 19.9 Å². The van der Waals surface area contributed by atoms with Gasteiger partial charge in [0, 0.05) is 19.6 Å². The summed E-state index contributed by atoms with van der Waals surface area (Å²) in [5, 5.41) is 8.16. The highest BCUT2D eigenvalue weighted by molar-refractivity contribution is 5.90. The second kappa shape index (κ2) is 15.9. The van der Waals surface area contributed by atoms with E-state index in [1.165, 1.54) is 7.11 Å². The molecule has 1 aliphatic heterocycles. The van der Waals surface area contributed by atoms with Gasteiger partial charge in [-0.3, -0.25) is 9.59 Å². The topological polar surface area (TPSA) is 178 Å². The normalized spacial score (nSPS) is 16.6. The maximum Gasteiger partial charge on any atom is 0.408 e. The summed E-state index contributed by atoms with van der Waals surface area (Å²) >= 11 is 0. The van der Waals surface area contributed by atoms with Gasteiger partial charge in [0.15, 0.2) is 0 Å². The van der Waals surface area contributed by atoms with Crippen LogP contribution in [0, 0.1) is 5.92 Å². The number of hydrogen-bond donors (Lipinski definition) is 4. The highest BCUT2D eigenvalue weighted by Gasteiger charge is 2.46. The molecule has 1 unspecified atom stereocenters. The molecule has 13 nitrogen and oxygen atoms in total. The van der Waals surface area contributed by atoms with Crippen molar-refractivity contribution in [1.29, 1.82) is 0 Å². The van der Waals surface area contributed by atoms with Crippen LogP contribution in [0.5, 0.6) is 0 Å². The Kier molecular flexibility index (Phi) is 14.0. The van der Waals surface area contributed by atoms with Crippen molar-refractivity contribution >= 4 is 30.0 Å². The van der Waals surface area contributed by atoms with Crippen molar-refractivity contribution in [3.8, 4) is 0 Å². The first-order valence-corrected chi connectivity index (χ1v) is 14.7. The number of nitrogens with zero attached hydrogens (tertiary/aromatic N) is 1. The van der Waals surface area contributed by atoms with Crippen molar-refractivity contribution in [2.75, 3.05) is 26.7 Å². The molecule has 1 rings (SSSR count). The molecule has 2 atom stereocenters. The van der Waals surface area contributed by atoms with E-state index in [9.17, 15) is 24.0 Å². The van der Waals surface area contributed by atoms with Crippen LogP contribution in [0.2, 0.25) is 0 Å². The number of amides is 4. The Hall–Kier alpha value is -3.09. The lowest BCUT2D eigenvalue weighted by molar-refractivity contribution is -0.153. The van der Waals surface area contributed by atoms with Crippen LogP contribution in [0.1, 0.15) is 93.9 Å². The van der Waals surface area contributed by atoms with Crippen molar-refractivity contribution in [1.82, 2.24) is 20.9 Å². The number of nitrogens with one attached hydrogen (secondary N) is 3. The summed E-state index contributed by atoms with van der Waals surface area (Å²) in [6.07, 6.45) is 0.824. The Labute approximate surface area is 250 Å². The highest BCUT2D eigenvalue weighted by atomic mass is 16.6. The van der Waals surface area contributed by atoms with Gasteiger partial charge in [-0.15, -0.1) is 0 Å². The van der Waals surface area contributed by atoms with Crippen molar-refractivity contribution in [3.63, 3.8) is 0 Å². The Balaban J connectivity index is 2.91. The van der Waals surface area contributed by atoms with Gasteiger partial charge in [0.2, 0.25) is 11.8 Å². The fraction of sp³-hybridized carbons (Fsp3) is 0.828. The van der Waals surface area contributed by atoms with Crippen LogP contribution in [0.4, 0.5) is 9.59 Å². The Morgan fingerprint density at radius 2 is 1.45 bits per heavy atom. The van der Waals surface area contributed by atoms with Gasteiger partial charge in [-0.05, 0) is 86.0 Å². The predicted octanol–water partition coefficient (Wildman–Crippen LogP) is 2.60. The molecule has 5 N–H and O–H groups in total. The number of unbranched alkanes of at least 4 members (excludes halogenated alkanes) is 1. The van der Waals surface area contributed by atoms with E-state index in [0.717, 1.165) is 0 Å². The number of methoxy groups -OCH3 is 1. The van der Waals surface area contributed by atoms with E-state index in [1.54, 1.807) is 46.4 Å². The third-order valence-electron chi connectivity index (χ3n) is 6.51. The third kappa shape index (κ3) is 13.3. The zero-order valence-electron chi connectivity index (χ0n) is 26.9. The van der Waals surface area contributed by atoms with Crippen molar-refractivity contribution in [2.45, 2.75) is 123 Å². The van der Waals surface area contributed by atoms with Crippen LogP contribution in [0.15, 0.2) is 0 Å². The average Bonchev–Trinajstić information content (AvgIpc) is 2.84. The molecule has 0 bridgehead atoms. The molecule has 1 fully saturated rings. The SMILES string of the molecule is COC(=O)C1(NC(=O)OC(C)(C)C)CCN(C(=O)[C@@H](CCCCNC(=O)OC(C)(C)C)NC(=O)C(N)CC(C)C)CC1. The molecular weight excluding hydrogens is 546 g/mol. The maximum atomic E-state index is 13.6. The molecule has 0 aromatic carbocycles. The Morgan fingerprint density at radius 1 is 0.905 bits per heavy atom. The van der Waals surface area contributed by atoms with E-state index < -0.39 is 52.9 Å². The minimum atomic E-state index is -1.35. The lowest BCUT2D eigenvalue weighted by Gasteiger charge is -2.41. The van der Waals surface area contributed by atoms with E-state index in [-0.39, 0.29) is 37.8 Å². The van der Waals surface area contributed by atoms with Crippen LogP contribution in [0.25, 0.3) is 0 Å². The number of esters is 1. The van der Waals surface area contributed by atoms with Gasteiger partial charge in [0.25, 0.3) is 0 Å². The number of alkyl carbamates (subject to hydrolysis) is 2. The monoisotopic (exact) mass is 599 g/mol. The highest BCUT2D eigenvalue weighted by Crippen LogP contribution is 2.26. The quantitative estimate of drug-likeness (QED) is 0.149. The number of ether oxygens (including phenoxy) is 3. The maximum absolute atomic E-state index is 13.6. The van der Waals surface area contributed by atoms with E-state index >= 15 is 0 Å². The summed E-state index contributed by atoms with van der Waals surface area (Å²) in [6.45, 7) is 15.0. The summed E-state index contributed by atoms with van der Waals surface area (Å²) < 4.78 is 15.5. The predicted molar refractivity (Wildman–Crippen MR) is 157 cm³/mol. The Bertz CT molecular complexity index is 933. The lowest BCUT2D eigenvalue weighted by atomic mass is 9.87. The van der Waals surface area contributed by atoms with Crippen LogP contribution in [0.3, 0.4) is 0 Å². The molecule has 1 heterocycles. The fourth-order valence-corrected chi connectivity index (χ4v) is 4.53. The smallest absolute Gasteiger partial charge is 0.408 e. The van der Waals surface area contributed by atoms with Gasteiger partial charge in [-0.2, -0.15) is 0 Å². The van der Waals surface area contributed by atoms with Crippen molar-refractivity contribution < 1.29 is 38.2 Å². The molecule has 0 saturated carbocycles. The minimum Gasteiger partial charge on any atom is -0.467 e. The number of carbonyl (C=O) groups is 5. The second-order valence-electron chi connectivity index (χ2n) is 13.2. The summed E-state index contributed by atoms with van der Waals surface area (Å²) in [5.41, 5.74) is 3.36. The Morgan fingerprint density at radius 3 is 1.95 bits per heavy atom. The standard InChI is InChI=1S/C29H53N5O8/c1-19(2)18-20(30)22(35)32-21(12-10-11-15-31-25(38)41-27(3,4)5)23(36)34-16-13-29(14-17-34,24(37)40-9)33-26(39)42-28(6,7)8/h19-21H,10-18,30H2,1-9H3,(H,31,38)(H,32,35)(H,33,39)/t20?,21-/m1/s1. The van der Waals surface area contributed by atoms with E-state index in [0.29, 0.717) is 32.2 Å². The molecule has 42 heavy (non-hydrogen) atoms. The number of rotatable bonds is 12. The van der Waals surface area contributed by atoms with Gasteiger partial charge < -0.3 is 40.8 Å². The van der Waals surface area contributed by atoms with E-state index in [1.807, 2.05) is 13.8 Å². The van der Waals surface area contributed by atoms with Crippen molar-refractivity contribution in [2.24, 2.45) is 11.7 Å². The third-order valence-corrected chi connectivity index (χ3v) is 6.51. The van der Waals surface area contributed by atoms with Crippen LogP contribution >= 0.6 is 0 Å². The molecule has 242 valence electrons. The zero-order chi connectivity index (χ0) is 32.3. The van der Waals surface area contributed by atoms with Gasteiger partial charge in [0.1, 0.15) is 22.8 Å². The molecule has 1 saturated heterocycles. The summed E-state index contributed by atoms with van der Waals surface area (Å²) in [6, 6.07) is -1.61. The van der Waals surface area contributed by atoms with Gasteiger partial charge >= 0.3 is 18.2 Å². The average molecular weight is 600 g/mol. The molecule has 0 aromatic heterocycles. The largest absolute Gasteiger partial charge is 0.467 e. The van der Waals surface area contributed by atoms with E-state index in [2.05, 4.69) is 16.0 Å². The minimum absolute atomic E-state index is 0.109. The molecule has 0 aromatic rings. The summed E-state index contributed by atoms with van der Waals surface area (Å²) in [4.78, 5) is 65.2. The number of piperidine rings is 1. The van der Waals surface area contributed by atoms with Gasteiger partial charge in [-0.25, -0.2) is 14.4 Å². The van der Waals surface area contributed by atoms with Crippen molar-refractivity contribution in [3.05, 3.63) is 0 Å². The zero-order valence-corrected chi connectivity index (χ0v) is 26.9. The number of nitrogens with two attached hydrogens (primary N) is 1. The summed E-state index contributed by atoms with van der Waals surface area (Å²) in [5.74, 6) is -1.15. The van der Waals surface area contributed by atoms with Crippen LogP contribution < -0.4 is 21.7 Å². The number of carbonyl (C=O) groups excluding carboxylic acids is 5. The molecular formula is C29H53N5O8. The molecule has 1 aliphatic rings. The van der Waals surface area contributed by atoms with Crippen LogP contribution in [-0.2, 0) is 28.6 Å². The van der Waals surface area contributed by atoms with Gasteiger partial charge in [0.05, 0.1) is 13.2 Å². The fourth-order valence-electron chi connectivity index (χ4n) is 4.53. The number of hydrogen-bond acceptors (Lipinski definition) is 9. The lowest BCUT2D eigenvalue weighted by Crippen LogP contribution is -2.63. The molecule has 0 spiro atoms. The first kappa shape index (κ1) is 36.9. The molecule has 0 radical (unpaired) electrons. The van der Waals surface area contributed by atoms with Crippen LogP contribution in [-0.4, -0.2) is 90.4 Å². The first-order chi connectivity index (χ1) is 19.3. The molecule has 13 heteroatoms. The first-order valence-electron chi connectivity index (χ1n) is 14.7.